The number of carbonyl (C=O) groups excluding carboxylic acids is 3. The molecule has 0 bridgehead atoms. The molecule has 0 saturated carbocycles. The lowest BCUT2D eigenvalue weighted by Crippen LogP contribution is -2.54. The van der Waals surface area contributed by atoms with Crippen LogP contribution in [0.5, 0.6) is 11.5 Å². The summed E-state index contributed by atoms with van der Waals surface area (Å²) in [6.07, 6.45) is 2.22. The lowest BCUT2D eigenvalue weighted by molar-refractivity contribution is -0.122. The van der Waals surface area contributed by atoms with Gasteiger partial charge in [0.05, 0.1) is 15.9 Å². The van der Waals surface area contributed by atoms with Crippen LogP contribution < -0.4 is 19.7 Å². The van der Waals surface area contributed by atoms with E-state index in [0.29, 0.717) is 38.5 Å². The second-order valence-electron chi connectivity index (χ2n) is 8.12. The number of benzene rings is 3. The van der Waals surface area contributed by atoms with Crippen molar-refractivity contribution in [2.24, 2.45) is 0 Å². The molecule has 0 aliphatic carbocycles. The minimum absolute atomic E-state index is 0.00201. The van der Waals surface area contributed by atoms with Crippen molar-refractivity contribution < 1.29 is 28.2 Å². The van der Waals surface area contributed by atoms with E-state index >= 15 is 0 Å². The number of rotatable bonds is 8. The number of hydrogen-bond donors (Lipinski definition) is 1. The predicted molar refractivity (Wildman–Crippen MR) is 146 cm³/mol. The van der Waals surface area contributed by atoms with Crippen molar-refractivity contribution in [1.82, 2.24) is 5.32 Å². The van der Waals surface area contributed by atoms with Crippen molar-refractivity contribution in [1.29, 1.82) is 0 Å². The number of aryl methyl sites for hydroxylation is 1. The first kappa shape index (κ1) is 26.3. The van der Waals surface area contributed by atoms with Crippen molar-refractivity contribution in [3.63, 3.8) is 0 Å². The average Bonchev–Trinajstić information content (AvgIpc) is 2.87. The van der Waals surface area contributed by atoms with E-state index in [1.165, 1.54) is 12.1 Å². The van der Waals surface area contributed by atoms with Gasteiger partial charge in [0.15, 0.2) is 11.5 Å². The van der Waals surface area contributed by atoms with Gasteiger partial charge in [-0.15, -0.1) is 0 Å². The van der Waals surface area contributed by atoms with Gasteiger partial charge in [0.25, 0.3) is 11.8 Å². The van der Waals surface area contributed by atoms with E-state index in [1.54, 1.807) is 42.5 Å². The molecule has 1 aliphatic rings. The molecule has 3 aromatic carbocycles. The van der Waals surface area contributed by atoms with Gasteiger partial charge in [0.2, 0.25) is 0 Å². The highest BCUT2D eigenvalue weighted by Gasteiger charge is 2.36. The Bertz CT molecular complexity index is 1390. The Morgan fingerprint density at radius 2 is 1.73 bits per heavy atom. The van der Waals surface area contributed by atoms with Gasteiger partial charge in [0, 0.05) is 5.56 Å². The maximum atomic E-state index is 14.0. The number of halogens is 2. The van der Waals surface area contributed by atoms with Crippen molar-refractivity contribution in [3.05, 3.63) is 92.3 Å². The summed E-state index contributed by atoms with van der Waals surface area (Å²) in [5.74, 6) is -1.10. The second kappa shape index (κ2) is 11.5. The zero-order chi connectivity index (χ0) is 26.5. The van der Waals surface area contributed by atoms with Crippen molar-refractivity contribution in [2.45, 2.75) is 26.9 Å². The number of urea groups is 1. The van der Waals surface area contributed by atoms with Gasteiger partial charge in [-0.25, -0.2) is 14.1 Å². The molecule has 1 N–H and O–H groups in total. The van der Waals surface area contributed by atoms with Gasteiger partial charge in [-0.3, -0.25) is 14.9 Å². The van der Waals surface area contributed by atoms with Crippen LogP contribution in [0.25, 0.3) is 6.08 Å². The Morgan fingerprint density at radius 1 is 1.00 bits per heavy atom. The molecule has 0 unspecified atom stereocenters. The lowest BCUT2D eigenvalue weighted by Gasteiger charge is -2.26. The first-order valence-corrected chi connectivity index (χ1v) is 12.7. The molecule has 0 aromatic heterocycles. The molecule has 0 radical (unpaired) electrons. The van der Waals surface area contributed by atoms with E-state index in [-0.39, 0.29) is 18.0 Å². The van der Waals surface area contributed by atoms with Crippen LogP contribution in [0.3, 0.4) is 0 Å². The number of carbonyl (C=O) groups is 3. The molecular formula is C28H24FIN2O5. The normalized spacial score (nSPS) is 14.6. The molecule has 0 atom stereocenters. The van der Waals surface area contributed by atoms with E-state index in [1.807, 2.05) is 26.0 Å². The van der Waals surface area contributed by atoms with E-state index in [9.17, 15) is 18.8 Å². The van der Waals surface area contributed by atoms with Gasteiger partial charge in [-0.2, -0.15) is 0 Å². The highest BCUT2D eigenvalue weighted by atomic mass is 127. The number of nitrogens with one attached hydrogen (secondary N) is 1. The van der Waals surface area contributed by atoms with Gasteiger partial charge in [-0.1, -0.05) is 37.3 Å². The third-order valence-electron chi connectivity index (χ3n) is 5.68. The molecule has 0 spiro atoms. The molecule has 9 heteroatoms. The standard InChI is InChI=1S/C28H24FIN2O5/c1-3-17-9-11-20(12-10-17)32-27(34)21(26(33)31-28(32)35)13-18-14-23(30)25(24(15-18)36-4-2)37-16-19-7-5-6-8-22(19)29/h5-15H,3-4,16H2,1-2H3,(H,31,33,35)/b21-13-. The van der Waals surface area contributed by atoms with Gasteiger partial charge in [0.1, 0.15) is 18.0 Å². The molecular weight excluding hydrogens is 590 g/mol. The summed E-state index contributed by atoms with van der Waals surface area (Å²) < 4.78 is 26.3. The average molecular weight is 614 g/mol. The molecule has 37 heavy (non-hydrogen) atoms. The van der Waals surface area contributed by atoms with Crippen LogP contribution >= 0.6 is 22.6 Å². The fourth-order valence-electron chi connectivity index (χ4n) is 3.78. The molecule has 190 valence electrons. The highest BCUT2D eigenvalue weighted by Crippen LogP contribution is 2.36. The van der Waals surface area contributed by atoms with Crippen LogP contribution in [-0.2, 0) is 22.6 Å². The molecule has 7 nitrogen and oxygen atoms in total. The van der Waals surface area contributed by atoms with Crippen molar-refractivity contribution >= 4 is 52.2 Å². The van der Waals surface area contributed by atoms with Crippen LogP contribution in [0, 0.1) is 9.39 Å². The Balaban J connectivity index is 1.65. The number of barbiturate groups is 1. The fourth-order valence-corrected chi connectivity index (χ4v) is 4.56. The zero-order valence-corrected chi connectivity index (χ0v) is 22.4. The molecule has 1 heterocycles. The smallest absolute Gasteiger partial charge is 0.335 e. The molecule has 1 saturated heterocycles. The topological polar surface area (TPSA) is 84.9 Å². The van der Waals surface area contributed by atoms with Crippen LogP contribution in [-0.4, -0.2) is 24.5 Å². The molecule has 1 fully saturated rings. The number of nitrogens with zero attached hydrogens (tertiary/aromatic N) is 1. The molecule has 1 aliphatic heterocycles. The number of hydrogen-bond acceptors (Lipinski definition) is 5. The maximum absolute atomic E-state index is 14.0. The number of amides is 4. The first-order valence-electron chi connectivity index (χ1n) is 11.6. The van der Waals surface area contributed by atoms with Crippen LogP contribution in [0.1, 0.15) is 30.5 Å². The monoisotopic (exact) mass is 614 g/mol. The van der Waals surface area contributed by atoms with Gasteiger partial charge < -0.3 is 9.47 Å². The Labute approximate surface area is 227 Å². The van der Waals surface area contributed by atoms with Gasteiger partial charge in [-0.05, 0) is 83.5 Å². The third-order valence-corrected chi connectivity index (χ3v) is 6.48. The van der Waals surface area contributed by atoms with E-state index in [2.05, 4.69) is 27.9 Å². The summed E-state index contributed by atoms with van der Waals surface area (Å²) in [6, 6.07) is 15.9. The number of imide groups is 2. The minimum atomic E-state index is -0.808. The summed E-state index contributed by atoms with van der Waals surface area (Å²) >= 11 is 2.05. The summed E-state index contributed by atoms with van der Waals surface area (Å²) in [7, 11) is 0. The van der Waals surface area contributed by atoms with Crippen LogP contribution in [0.15, 0.2) is 66.2 Å². The zero-order valence-electron chi connectivity index (χ0n) is 20.2. The molecule has 4 rings (SSSR count). The van der Waals surface area contributed by atoms with Crippen molar-refractivity contribution in [3.8, 4) is 11.5 Å². The van der Waals surface area contributed by atoms with Crippen LogP contribution in [0.4, 0.5) is 14.9 Å². The van der Waals surface area contributed by atoms with Gasteiger partial charge >= 0.3 is 6.03 Å². The van der Waals surface area contributed by atoms with E-state index < -0.39 is 17.8 Å². The third kappa shape index (κ3) is 5.82. The second-order valence-corrected chi connectivity index (χ2v) is 9.28. The minimum Gasteiger partial charge on any atom is -0.490 e. The Morgan fingerprint density at radius 3 is 2.41 bits per heavy atom. The Kier molecular flexibility index (Phi) is 8.22. The quantitative estimate of drug-likeness (QED) is 0.202. The van der Waals surface area contributed by atoms with Crippen LogP contribution in [0.2, 0.25) is 0 Å². The lowest BCUT2D eigenvalue weighted by atomic mass is 10.1. The summed E-state index contributed by atoms with van der Waals surface area (Å²) in [5, 5.41) is 2.23. The van der Waals surface area contributed by atoms with Crippen molar-refractivity contribution in [2.75, 3.05) is 11.5 Å². The largest absolute Gasteiger partial charge is 0.490 e. The summed E-state index contributed by atoms with van der Waals surface area (Å²) in [5.41, 5.74) is 2.11. The summed E-state index contributed by atoms with van der Waals surface area (Å²) in [4.78, 5) is 39.3. The highest BCUT2D eigenvalue weighted by molar-refractivity contribution is 14.1. The predicted octanol–water partition coefficient (Wildman–Crippen LogP) is 5.64. The Hall–Kier alpha value is -3.73. The first-order chi connectivity index (χ1) is 17.8. The maximum Gasteiger partial charge on any atom is 0.335 e. The summed E-state index contributed by atoms with van der Waals surface area (Å²) in [6.45, 7) is 4.14. The van der Waals surface area contributed by atoms with E-state index in [4.69, 9.17) is 9.47 Å². The number of anilines is 1. The molecule has 4 amide bonds. The number of ether oxygens (including phenoxy) is 2. The fraction of sp³-hybridized carbons (Fsp3) is 0.179. The molecule has 3 aromatic rings. The van der Waals surface area contributed by atoms with E-state index in [0.717, 1.165) is 16.9 Å². The SMILES string of the molecule is CCOc1cc(/C=C2/C(=O)NC(=O)N(c3ccc(CC)cc3)C2=O)cc(I)c1OCc1ccccc1F.